The highest BCUT2D eigenvalue weighted by atomic mass is 35.5. The van der Waals surface area contributed by atoms with Crippen molar-refractivity contribution in [1.82, 2.24) is 4.98 Å². The minimum atomic E-state index is -3.80. The fourth-order valence-electron chi connectivity index (χ4n) is 2.23. The molecule has 0 unspecified atom stereocenters. The first-order valence-electron chi connectivity index (χ1n) is 7.60. The molecule has 0 saturated carbocycles. The van der Waals surface area contributed by atoms with E-state index in [9.17, 15) is 13.2 Å². The van der Waals surface area contributed by atoms with E-state index in [0.29, 0.717) is 21.3 Å². The third-order valence-electron chi connectivity index (χ3n) is 3.43. The number of aromatic nitrogens is 1. The van der Waals surface area contributed by atoms with Gasteiger partial charge < -0.3 is 5.32 Å². The highest BCUT2D eigenvalue weighted by molar-refractivity contribution is 7.93. The molecule has 0 fully saturated rings. The second kappa shape index (κ2) is 8.26. The number of hydrogen-bond donors (Lipinski definition) is 2. The average Bonchev–Trinajstić information content (AvgIpc) is 3.10. The number of anilines is 2. The lowest BCUT2D eigenvalue weighted by Crippen LogP contribution is -2.16. The fourth-order valence-corrected chi connectivity index (χ4v) is 4.38. The van der Waals surface area contributed by atoms with E-state index in [1.165, 1.54) is 29.7 Å². The summed E-state index contributed by atoms with van der Waals surface area (Å²) in [6.45, 7) is 0. The Morgan fingerprint density at radius 1 is 1.11 bits per heavy atom. The van der Waals surface area contributed by atoms with E-state index in [-0.39, 0.29) is 22.4 Å². The Morgan fingerprint density at radius 2 is 1.93 bits per heavy atom. The second-order valence-electron chi connectivity index (χ2n) is 5.44. The van der Waals surface area contributed by atoms with Crippen LogP contribution < -0.4 is 10.0 Å². The zero-order valence-electron chi connectivity index (χ0n) is 13.6. The average molecular weight is 442 g/mol. The molecule has 140 valence electrons. The predicted octanol–water partition coefficient (Wildman–Crippen LogP) is 4.43. The molecule has 1 amide bonds. The molecule has 0 atom stereocenters. The molecule has 2 aromatic carbocycles. The number of halogens is 2. The number of thiazole rings is 1. The van der Waals surface area contributed by atoms with Crippen LogP contribution in [0.5, 0.6) is 0 Å². The Balaban J connectivity index is 1.71. The van der Waals surface area contributed by atoms with Crippen LogP contribution in [0.4, 0.5) is 10.8 Å². The summed E-state index contributed by atoms with van der Waals surface area (Å²) in [6.07, 6.45) is 1.58. The summed E-state index contributed by atoms with van der Waals surface area (Å²) in [5.74, 6) is -0.309. The molecule has 0 aliphatic rings. The molecule has 0 radical (unpaired) electrons. The standard InChI is InChI=1S/C17H13Cl2N3O3S2/c18-14-5-4-11(8-15(14)19)9-16(23)21-12-2-1-3-13(10-12)27(24,25)22-17-20-6-7-26-17/h1-8,10H,9H2,(H,20,22)(H,21,23). The van der Waals surface area contributed by atoms with Crippen LogP contribution in [0.15, 0.2) is 58.9 Å². The predicted molar refractivity (Wildman–Crippen MR) is 108 cm³/mol. The molecule has 0 spiro atoms. The second-order valence-corrected chi connectivity index (χ2v) is 8.84. The summed E-state index contributed by atoms with van der Waals surface area (Å²) in [5.41, 5.74) is 1.05. The summed E-state index contributed by atoms with van der Waals surface area (Å²) >= 11 is 13.0. The van der Waals surface area contributed by atoms with E-state index in [4.69, 9.17) is 23.2 Å². The Morgan fingerprint density at radius 3 is 2.63 bits per heavy atom. The minimum absolute atomic E-state index is 0.0186. The van der Waals surface area contributed by atoms with Crippen molar-refractivity contribution < 1.29 is 13.2 Å². The van der Waals surface area contributed by atoms with Crippen molar-refractivity contribution in [2.75, 3.05) is 10.0 Å². The van der Waals surface area contributed by atoms with E-state index in [2.05, 4.69) is 15.0 Å². The maximum atomic E-state index is 12.4. The topological polar surface area (TPSA) is 88.2 Å². The first-order chi connectivity index (χ1) is 12.8. The Labute approximate surface area is 170 Å². The van der Waals surface area contributed by atoms with Gasteiger partial charge >= 0.3 is 0 Å². The van der Waals surface area contributed by atoms with Crippen molar-refractivity contribution in [3.05, 3.63) is 69.7 Å². The van der Waals surface area contributed by atoms with Gasteiger partial charge in [-0.1, -0.05) is 35.3 Å². The number of rotatable bonds is 6. The zero-order valence-corrected chi connectivity index (χ0v) is 16.8. The van der Waals surface area contributed by atoms with Crippen LogP contribution in [-0.4, -0.2) is 19.3 Å². The van der Waals surface area contributed by atoms with E-state index in [1.54, 1.807) is 35.7 Å². The molecule has 1 heterocycles. The van der Waals surface area contributed by atoms with Gasteiger partial charge in [0.05, 0.1) is 21.4 Å². The number of carbonyl (C=O) groups is 1. The van der Waals surface area contributed by atoms with E-state index in [0.717, 1.165) is 0 Å². The molecular formula is C17H13Cl2N3O3S2. The lowest BCUT2D eigenvalue weighted by molar-refractivity contribution is -0.115. The Hall–Kier alpha value is -2.13. The lowest BCUT2D eigenvalue weighted by atomic mass is 10.1. The lowest BCUT2D eigenvalue weighted by Gasteiger charge is -2.09. The van der Waals surface area contributed by atoms with Crippen molar-refractivity contribution in [2.24, 2.45) is 0 Å². The minimum Gasteiger partial charge on any atom is -0.326 e. The fraction of sp³-hybridized carbons (Fsp3) is 0.0588. The number of carbonyl (C=O) groups excluding carboxylic acids is 1. The molecular weight excluding hydrogens is 429 g/mol. The number of amides is 1. The summed E-state index contributed by atoms with van der Waals surface area (Å²) in [7, 11) is -3.80. The Kier molecular flexibility index (Phi) is 6.01. The maximum Gasteiger partial charge on any atom is 0.263 e. The van der Waals surface area contributed by atoms with Gasteiger partial charge in [0, 0.05) is 17.3 Å². The number of benzene rings is 2. The molecule has 6 nitrogen and oxygen atoms in total. The summed E-state index contributed by atoms with van der Waals surface area (Å²) < 4.78 is 27.2. The molecule has 0 saturated heterocycles. The van der Waals surface area contributed by atoms with Gasteiger partial charge in [-0.3, -0.25) is 9.52 Å². The van der Waals surface area contributed by atoms with Gasteiger partial charge in [-0.25, -0.2) is 13.4 Å². The third-order valence-corrected chi connectivity index (χ3v) is 6.32. The molecule has 0 aliphatic heterocycles. The number of sulfonamides is 1. The normalized spacial score (nSPS) is 11.2. The molecule has 27 heavy (non-hydrogen) atoms. The van der Waals surface area contributed by atoms with Crippen molar-refractivity contribution in [2.45, 2.75) is 11.3 Å². The largest absolute Gasteiger partial charge is 0.326 e. The molecule has 2 N–H and O–H groups in total. The van der Waals surface area contributed by atoms with E-state index >= 15 is 0 Å². The maximum absolute atomic E-state index is 12.4. The first kappa shape index (κ1) is 19.6. The summed E-state index contributed by atoms with van der Waals surface area (Å²) in [5, 5.41) is 5.38. The van der Waals surface area contributed by atoms with Crippen molar-refractivity contribution in [3.8, 4) is 0 Å². The van der Waals surface area contributed by atoms with Crippen LogP contribution in [0.2, 0.25) is 10.0 Å². The third kappa shape index (κ3) is 5.20. The van der Waals surface area contributed by atoms with Gasteiger partial charge in [0.15, 0.2) is 5.13 Å². The quantitative estimate of drug-likeness (QED) is 0.591. The number of nitrogens with one attached hydrogen (secondary N) is 2. The van der Waals surface area contributed by atoms with Crippen molar-refractivity contribution in [3.63, 3.8) is 0 Å². The molecule has 0 aliphatic carbocycles. The van der Waals surface area contributed by atoms with Gasteiger partial charge in [-0.2, -0.15) is 0 Å². The van der Waals surface area contributed by atoms with Crippen LogP contribution in [0.1, 0.15) is 5.56 Å². The monoisotopic (exact) mass is 441 g/mol. The van der Waals surface area contributed by atoms with Gasteiger partial charge in [0.2, 0.25) is 5.91 Å². The van der Waals surface area contributed by atoms with E-state index in [1.807, 2.05) is 0 Å². The molecule has 1 aromatic heterocycles. The number of nitrogens with zero attached hydrogens (tertiary/aromatic N) is 1. The molecule has 3 aromatic rings. The van der Waals surface area contributed by atoms with Crippen LogP contribution in [0.25, 0.3) is 0 Å². The zero-order chi connectivity index (χ0) is 19.4. The highest BCUT2D eigenvalue weighted by Crippen LogP contribution is 2.23. The van der Waals surface area contributed by atoms with Crippen LogP contribution in [0.3, 0.4) is 0 Å². The van der Waals surface area contributed by atoms with Crippen LogP contribution in [0, 0.1) is 0 Å². The van der Waals surface area contributed by atoms with Gasteiger partial charge in [-0.05, 0) is 35.9 Å². The van der Waals surface area contributed by atoms with Crippen molar-refractivity contribution >= 4 is 61.3 Å². The van der Waals surface area contributed by atoms with Gasteiger partial charge in [0.25, 0.3) is 10.0 Å². The molecule has 10 heteroatoms. The molecule has 3 rings (SSSR count). The first-order valence-corrected chi connectivity index (χ1v) is 10.7. The van der Waals surface area contributed by atoms with Gasteiger partial charge in [-0.15, -0.1) is 11.3 Å². The highest BCUT2D eigenvalue weighted by Gasteiger charge is 2.16. The van der Waals surface area contributed by atoms with Gasteiger partial charge in [0.1, 0.15) is 0 Å². The van der Waals surface area contributed by atoms with E-state index < -0.39 is 10.0 Å². The summed E-state index contributed by atoms with van der Waals surface area (Å²) in [4.78, 5) is 16.1. The number of hydrogen-bond acceptors (Lipinski definition) is 5. The summed E-state index contributed by atoms with van der Waals surface area (Å²) in [6, 6.07) is 10.9. The smallest absolute Gasteiger partial charge is 0.263 e. The van der Waals surface area contributed by atoms with Crippen molar-refractivity contribution in [1.29, 1.82) is 0 Å². The van der Waals surface area contributed by atoms with Crippen LogP contribution >= 0.6 is 34.5 Å². The Bertz CT molecular complexity index is 1070. The molecule has 0 bridgehead atoms. The SMILES string of the molecule is O=C(Cc1ccc(Cl)c(Cl)c1)Nc1cccc(S(=O)(=O)Nc2nccs2)c1. The van der Waals surface area contributed by atoms with Crippen LogP contribution in [-0.2, 0) is 21.2 Å².